The van der Waals surface area contributed by atoms with E-state index in [0.717, 1.165) is 23.4 Å². The minimum absolute atomic E-state index is 0.0586. The number of hydrogen-bond donors (Lipinski definition) is 2. The third kappa shape index (κ3) is 3.60. The molecule has 4 nitrogen and oxygen atoms in total. The molecule has 3 rings (SSSR count). The fourth-order valence-corrected chi connectivity index (χ4v) is 3.25. The van der Waals surface area contributed by atoms with Crippen LogP contribution in [0, 0.1) is 0 Å². The first-order chi connectivity index (χ1) is 11.5. The SMILES string of the molecule is O=C(Cc1cccc(C(=O)O)c1)NCC1(c2ccccc2Cl)CC1. The second-order valence-electron chi connectivity index (χ2n) is 6.22. The van der Waals surface area contributed by atoms with Crippen molar-refractivity contribution in [2.45, 2.75) is 24.7 Å². The maximum absolute atomic E-state index is 12.2. The third-order valence-electron chi connectivity index (χ3n) is 4.46. The van der Waals surface area contributed by atoms with Gasteiger partial charge in [-0.3, -0.25) is 4.79 Å². The van der Waals surface area contributed by atoms with Crippen molar-refractivity contribution in [3.8, 4) is 0 Å². The molecule has 2 aromatic rings. The van der Waals surface area contributed by atoms with Gasteiger partial charge in [-0.15, -0.1) is 0 Å². The van der Waals surface area contributed by atoms with Crippen LogP contribution in [-0.2, 0) is 16.6 Å². The molecule has 0 spiro atoms. The first-order valence-corrected chi connectivity index (χ1v) is 8.22. The minimum atomic E-state index is -0.993. The lowest BCUT2D eigenvalue weighted by molar-refractivity contribution is -0.120. The molecule has 2 aromatic carbocycles. The molecule has 1 saturated carbocycles. The second-order valence-corrected chi connectivity index (χ2v) is 6.63. The number of amides is 1. The van der Waals surface area contributed by atoms with Gasteiger partial charge in [0, 0.05) is 17.0 Å². The van der Waals surface area contributed by atoms with Gasteiger partial charge in [0.05, 0.1) is 12.0 Å². The highest BCUT2D eigenvalue weighted by Crippen LogP contribution is 2.49. The van der Waals surface area contributed by atoms with E-state index in [9.17, 15) is 9.59 Å². The third-order valence-corrected chi connectivity index (χ3v) is 4.79. The molecule has 5 heteroatoms. The number of halogens is 1. The summed E-state index contributed by atoms with van der Waals surface area (Å²) in [4.78, 5) is 23.2. The standard InChI is InChI=1S/C19H18ClNO3/c20-16-7-2-1-6-15(16)19(8-9-19)12-21-17(22)11-13-4-3-5-14(10-13)18(23)24/h1-7,10H,8-9,11-12H2,(H,21,22)(H,23,24). The number of rotatable bonds is 6. The number of benzene rings is 2. The Morgan fingerprint density at radius 2 is 1.88 bits per heavy atom. The summed E-state index contributed by atoms with van der Waals surface area (Å²) < 4.78 is 0. The van der Waals surface area contributed by atoms with E-state index in [1.54, 1.807) is 12.1 Å². The van der Waals surface area contributed by atoms with Gasteiger partial charge in [0.25, 0.3) is 0 Å². The van der Waals surface area contributed by atoms with Crippen molar-refractivity contribution >= 4 is 23.5 Å². The molecule has 1 amide bonds. The van der Waals surface area contributed by atoms with Crippen molar-refractivity contribution in [3.05, 3.63) is 70.2 Å². The summed E-state index contributed by atoms with van der Waals surface area (Å²) in [6.07, 6.45) is 2.18. The molecule has 0 aromatic heterocycles. The highest BCUT2D eigenvalue weighted by atomic mass is 35.5. The summed E-state index contributed by atoms with van der Waals surface area (Å²) in [6, 6.07) is 14.2. The molecule has 2 N–H and O–H groups in total. The Balaban J connectivity index is 1.61. The average molecular weight is 344 g/mol. The lowest BCUT2D eigenvalue weighted by Crippen LogP contribution is -2.33. The number of carbonyl (C=O) groups is 2. The normalized spacial score (nSPS) is 14.9. The molecule has 0 heterocycles. The zero-order valence-corrected chi connectivity index (χ0v) is 13.8. The van der Waals surface area contributed by atoms with E-state index in [1.165, 1.54) is 12.1 Å². The number of carboxylic acid groups (broad SMARTS) is 1. The molecule has 0 saturated heterocycles. The molecule has 0 unspecified atom stereocenters. The highest BCUT2D eigenvalue weighted by molar-refractivity contribution is 6.31. The maximum Gasteiger partial charge on any atom is 0.335 e. The predicted octanol–water partition coefficient (Wildman–Crippen LogP) is 3.43. The maximum atomic E-state index is 12.2. The van der Waals surface area contributed by atoms with Crippen molar-refractivity contribution in [3.63, 3.8) is 0 Å². The van der Waals surface area contributed by atoms with Crippen molar-refractivity contribution in [2.75, 3.05) is 6.54 Å². The van der Waals surface area contributed by atoms with Crippen molar-refractivity contribution in [2.24, 2.45) is 0 Å². The molecule has 0 radical (unpaired) electrons. The Morgan fingerprint density at radius 1 is 1.12 bits per heavy atom. The van der Waals surface area contributed by atoms with E-state index in [4.69, 9.17) is 16.7 Å². The summed E-state index contributed by atoms with van der Waals surface area (Å²) in [7, 11) is 0. The van der Waals surface area contributed by atoms with Crippen LogP contribution >= 0.6 is 11.6 Å². The monoisotopic (exact) mass is 343 g/mol. The van der Waals surface area contributed by atoms with E-state index < -0.39 is 5.97 Å². The summed E-state index contributed by atoms with van der Waals surface area (Å²) in [6.45, 7) is 0.550. The Labute approximate surface area is 145 Å². The Kier molecular flexibility index (Phi) is 4.58. The van der Waals surface area contributed by atoms with Gasteiger partial charge in [-0.05, 0) is 42.2 Å². The zero-order valence-electron chi connectivity index (χ0n) is 13.1. The first kappa shape index (κ1) is 16.5. The second kappa shape index (κ2) is 6.65. The van der Waals surface area contributed by atoms with E-state index >= 15 is 0 Å². The largest absolute Gasteiger partial charge is 0.478 e. The zero-order chi connectivity index (χ0) is 17.2. The molecule has 24 heavy (non-hydrogen) atoms. The van der Waals surface area contributed by atoms with Gasteiger partial charge >= 0.3 is 5.97 Å². The van der Waals surface area contributed by atoms with Crippen molar-refractivity contribution in [1.29, 1.82) is 0 Å². The van der Waals surface area contributed by atoms with E-state index in [1.807, 2.05) is 24.3 Å². The smallest absolute Gasteiger partial charge is 0.335 e. The van der Waals surface area contributed by atoms with Crippen LogP contribution in [0.3, 0.4) is 0 Å². The summed E-state index contributed by atoms with van der Waals surface area (Å²) >= 11 is 6.27. The Morgan fingerprint density at radius 3 is 2.54 bits per heavy atom. The lowest BCUT2D eigenvalue weighted by atomic mass is 9.95. The van der Waals surface area contributed by atoms with Gasteiger partial charge in [-0.25, -0.2) is 4.79 Å². The van der Waals surface area contributed by atoms with E-state index in [-0.39, 0.29) is 23.3 Å². The van der Waals surface area contributed by atoms with Gasteiger partial charge in [-0.2, -0.15) is 0 Å². The van der Waals surface area contributed by atoms with Crippen LogP contribution in [0.4, 0.5) is 0 Å². The minimum Gasteiger partial charge on any atom is -0.478 e. The molecule has 124 valence electrons. The lowest BCUT2D eigenvalue weighted by Gasteiger charge is -2.18. The molecule has 1 aliphatic carbocycles. The van der Waals surface area contributed by atoms with Crippen LogP contribution < -0.4 is 5.32 Å². The molecule has 0 bridgehead atoms. The predicted molar refractivity (Wildman–Crippen MR) is 92.5 cm³/mol. The van der Waals surface area contributed by atoms with Crippen LogP contribution in [-0.4, -0.2) is 23.5 Å². The fourth-order valence-electron chi connectivity index (χ4n) is 2.91. The van der Waals surface area contributed by atoms with E-state index in [2.05, 4.69) is 5.32 Å². The van der Waals surface area contributed by atoms with Crippen LogP contribution in [0.5, 0.6) is 0 Å². The van der Waals surface area contributed by atoms with Gasteiger partial charge in [0.2, 0.25) is 5.91 Å². The molecule has 0 aliphatic heterocycles. The van der Waals surface area contributed by atoms with Crippen LogP contribution in [0.2, 0.25) is 5.02 Å². The first-order valence-electron chi connectivity index (χ1n) is 7.84. The quantitative estimate of drug-likeness (QED) is 0.844. The van der Waals surface area contributed by atoms with Crippen molar-refractivity contribution < 1.29 is 14.7 Å². The molecule has 0 atom stereocenters. The highest BCUT2D eigenvalue weighted by Gasteiger charge is 2.45. The number of hydrogen-bond acceptors (Lipinski definition) is 2. The van der Waals surface area contributed by atoms with E-state index in [0.29, 0.717) is 12.1 Å². The van der Waals surface area contributed by atoms with Crippen LogP contribution in [0.1, 0.15) is 34.3 Å². The number of aromatic carboxylic acids is 1. The number of nitrogens with one attached hydrogen (secondary N) is 1. The van der Waals surface area contributed by atoms with Crippen LogP contribution in [0.15, 0.2) is 48.5 Å². The molecule has 1 fully saturated rings. The summed E-state index contributed by atoms with van der Waals surface area (Å²) in [5, 5.41) is 12.7. The topological polar surface area (TPSA) is 66.4 Å². The van der Waals surface area contributed by atoms with Gasteiger partial charge in [-0.1, -0.05) is 41.9 Å². The van der Waals surface area contributed by atoms with Crippen LogP contribution in [0.25, 0.3) is 0 Å². The van der Waals surface area contributed by atoms with Gasteiger partial charge < -0.3 is 10.4 Å². The average Bonchev–Trinajstić information content (AvgIpc) is 3.35. The summed E-state index contributed by atoms with van der Waals surface area (Å²) in [5.41, 5.74) is 1.90. The summed E-state index contributed by atoms with van der Waals surface area (Å²) in [5.74, 6) is -1.11. The number of carbonyl (C=O) groups excluding carboxylic acids is 1. The Bertz CT molecular complexity index is 784. The Hall–Kier alpha value is -2.33. The molecular formula is C19H18ClNO3. The molecule has 1 aliphatic rings. The van der Waals surface area contributed by atoms with Gasteiger partial charge in [0.15, 0.2) is 0 Å². The number of carboxylic acids is 1. The van der Waals surface area contributed by atoms with Crippen molar-refractivity contribution in [1.82, 2.24) is 5.32 Å². The van der Waals surface area contributed by atoms with Gasteiger partial charge in [0.1, 0.15) is 0 Å². The molecular weight excluding hydrogens is 326 g/mol. The fraction of sp³-hybridized carbons (Fsp3) is 0.263.